The Labute approximate surface area is 449 Å². The van der Waals surface area contributed by atoms with Crippen molar-refractivity contribution in [3.05, 3.63) is 85.1 Å². The molecule has 0 bridgehead atoms. The van der Waals surface area contributed by atoms with E-state index >= 15 is 0 Å². The first-order chi connectivity index (χ1) is 35.8. The van der Waals surface area contributed by atoms with E-state index in [0.717, 1.165) is 83.5 Å². The number of phosphoric acid groups is 1. The van der Waals surface area contributed by atoms with Crippen molar-refractivity contribution in [1.82, 2.24) is 0 Å². The zero-order valence-electron chi connectivity index (χ0n) is 47.1. The number of rotatable bonds is 56. The Morgan fingerprint density at radius 2 is 0.712 bits per heavy atom. The fourth-order valence-electron chi connectivity index (χ4n) is 8.41. The maximum absolute atomic E-state index is 12.7. The smallest absolute Gasteiger partial charge is 0.462 e. The third-order valence-electron chi connectivity index (χ3n) is 12.8. The highest BCUT2D eigenvalue weighted by Gasteiger charge is 2.26. The first-order valence-corrected chi connectivity index (χ1v) is 31.6. The molecule has 0 aromatic heterocycles. The molecule has 0 fully saturated rings. The number of unbranched alkanes of at least 4 members (excludes halogenated alkanes) is 29. The summed E-state index contributed by atoms with van der Waals surface area (Å²) in [6.07, 6.45) is 76.9. The molecule has 0 heterocycles. The Bertz CT molecular complexity index is 1470. The number of carbonyl (C=O) groups excluding carboxylic acids is 2. The highest BCUT2D eigenvalue weighted by molar-refractivity contribution is 7.47. The molecule has 9 nitrogen and oxygen atoms in total. The van der Waals surface area contributed by atoms with Gasteiger partial charge in [0.25, 0.3) is 0 Å². The quantitative estimate of drug-likeness (QED) is 0.0264. The van der Waals surface area contributed by atoms with Crippen molar-refractivity contribution in [3.8, 4) is 0 Å². The molecule has 2 atom stereocenters. The molecule has 0 spiro atoms. The summed E-state index contributed by atoms with van der Waals surface area (Å²) in [6, 6.07) is 0. The summed E-state index contributed by atoms with van der Waals surface area (Å²) in [5, 5.41) is 0. The van der Waals surface area contributed by atoms with Crippen LogP contribution >= 0.6 is 7.82 Å². The number of ether oxygens (including phenoxy) is 2. The minimum absolute atomic E-state index is 0.0480. The van der Waals surface area contributed by atoms with Crippen LogP contribution in [0.4, 0.5) is 0 Å². The van der Waals surface area contributed by atoms with Crippen LogP contribution in [0.25, 0.3) is 0 Å². The zero-order valence-corrected chi connectivity index (χ0v) is 48.0. The number of phosphoric ester groups is 1. The summed E-state index contributed by atoms with van der Waals surface area (Å²) in [6.45, 7) is 3.49. The van der Waals surface area contributed by atoms with E-state index in [-0.39, 0.29) is 32.6 Å². The van der Waals surface area contributed by atoms with Gasteiger partial charge in [-0.05, 0) is 83.5 Å². The van der Waals surface area contributed by atoms with Gasteiger partial charge in [0.2, 0.25) is 0 Å². The second kappa shape index (κ2) is 58.5. The van der Waals surface area contributed by atoms with Gasteiger partial charge in [0.05, 0.1) is 13.2 Å². The molecule has 0 aliphatic heterocycles. The first-order valence-electron chi connectivity index (χ1n) is 30.1. The summed E-state index contributed by atoms with van der Waals surface area (Å²) < 4.78 is 32.9. The molecule has 0 amide bonds. The molecule has 0 aromatic rings. The van der Waals surface area contributed by atoms with E-state index in [4.69, 9.17) is 24.3 Å². The van der Waals surface area contributed by atoms with Crippen LogP contribution in [-0.4, -0.2) is 49.3 Å². The Morgan fingerprint density at radius 1 is 0.411 bits per heavy atom. The van der Waals surface area contributed by atoms with Crippen LogP contribution in [0, 0.1) is 0 Å². The molecule has 0 saturated carbocycles. The van der Waals surface area contributed by atoms with Crippen LogP contribution in [0.2, 0.25) is 0 Å². The number of nitrogens with two attached hydrogens (primary N) is 1. The molecule has 0 rings (SSSR count). The summed E-state index contributed by atoms with van der Waals surface area (Å²) in [7, 11) is -4.39. The molecule has 0 aliphatic rings. The second-order valence-corrected chi connectivity index (χ2v) is 21.3. The van der Waals surface area contributed by atoms with Crippen LogP contribution in [-0.2, 0) is 32.7 Å². The van der Waals surface area contributed by atoms with Gasteiger partial charge < -0.3 is 20.1 Å². The molecule has 3 N–H and O–H groups in total. The number of esters is 2. The third-order valence-corrected chi connectivity index (χ3v) is 13.8. The molecule has 10 heteroatoms. The van der Waals surface area contributed by atoms with Gasteiger partial charge in [-0.15, -0.1) is 0 Å². The zero-order chi connectivity index (χ0) is 53.1. The van der Waals surface area contributed by atoms with E-state index < -0.39 is 32.5 Å². The average Bonchev–Trinajstić information content (AvgIpc) is 3.38. The van der Waals surface area contributed by atoms with Crippen molar-refractivity contribution >= 4 is 19.8 Å². The fourth-order valence-corrected chi connectivity index (χ4v) is 9.17. The van der Waals surface area contributed by atoms with Crippen LogP contribution in [0.1, 0.15) is 271 Å². The molecule has 0 radical (unpaired) electrons. The maximum atomic E-state index is 12.7. The Hall–Kier alpha value is -2.81. The molecule has 73 heavy (non-hydrogen) atoms. The van der Waals surface area contributed by atoms with Gasteiger partial charge in [-0.3, -0.25) is 18.6 Å². The summed E-state index contributed by atoms with van der Waals surface area (Å²) in [5.41, 5.74) is 5.37. The normalized spacial score (nSPS) is 13.6. The molecule has 0 aliphatic carbocycles. The van der Waals surface area contributed by atoms with Gasteiger partial charge in [-0.1, -0.05) is 259 Å². The van der Waals surface area contributed by atoms with Gasteiger partial charge in [-0.2, -0.15) is 0 Å². The minimum Gasteiger partial charge on any atom is -0.462 e. The van der Waals surface area contributed by atoms with Crippen LogP contribution < -0.4 is 5.73 Å². The van der Waals surface area contributed by atoms with Crippen molar-refractivity contribution in [2.24, 2.45) is 5.73 Å². The standard InChI is InChI=1S/C63H112NO8P/c1-3-5-7-9-11-13-15-17-18-19-20-21-22-23-24-25-26-27-28-29-30-31-32-33-34-35-36-37-38-39-40-41-42-44-46-48-50-52-54-56-63(66)72-61(60-71-73(67,68)70-58-57-64)59-69-62(65)55-53-51-49-47-45-43-16-14-12-10-8-6-4-2/h5-8,11-14,17-18,20-21,43,45,61H,3-4,9-10,15-16,19,22-42,44,46-60,64H2,1-2H3,(H,67,68)/b7-5-,8-6-,13-11-,14-12-,18-17-,21-20-,45-43-. The lowest BCUT2D eigenvalue weighted by Crippen LogP contribution is -2.29. The van der Waals surface area contributed by atoms with Crippen LogP contribution in [0.5, 0.6) is 0 Å². The largest absolute Gasteiger partial charge is 0.472 e. The molecule has 0 aromatic carbocycles. The average molecular weight is 1040 g/mol. The lowest BCUT2D eigenvalue weighted by atomic mass is 10.0. The Balaban J connectivity index is 3.77. The van der Waals surface area contributed by atoms with Crippen molar-refractivity contribution in [3.63, 3.8) is 0 Å². The molecular formula is C63H112NO8P. The maximum Gasteiger partial charge on any atom is 0.472 e. The number of carbonyl (C=O) groups is 2. The summed E-state index contributed by atoms with van der Waals surface area (Å²) in [5.74, 6) is -0.857. The van der Waals surface area contributed by atoms with Gasteiger partial charge >= 0.3 is 19.8 Å². The fraction of sp³-hybridized carbons (Fsp3) is 0.746. The Kier molecular flexibility index (Phi) is 56.2. The van der Waals surface area contributed by atoms with E-state index in [1.165, 1.54) is 148 Å². The third kappa shape index (κ3) is 58.3. The second-order valence-electron chi connectivity index (χ2n) is 19.8. The SMILES string of the molecule is CC/C=C\C/C=C\C/C=C\C/C=C\CCCCCCCCCCCCCCCCCCCCCCCCCCCCC(=O)OC(COC(=O)CCCCC/C=C\C/C=C\C/C=C\CC)COP(=O)(O)OCCN. The molecular weight excluding hydrogens is 930 g/mol. The number of hydrogen-bond acceptors (Lipinski definition) is 8. The summed E-state index contributed by atoms with van der Waals surface area (Å²) >= 11 is 0. The van der Waals surface area contributed by atoms with Crippen LogP contribution in [0.15, 0.2) is 85.1 Å². The number of hydrogen-bond donors (Lipinski definition) is 2. The van der Waals surface area contributed by atoms with E-state index in [9.17, 15) is 19.0 Å². The van der Waals surface area contributed by atoms with Crippen molar-refractivity contribution < 1.29 is 37.6 Å². The molecule has 2 unspecified atom stereocenters. The predicted octanol–water partition coefficient (Wildman–Crippen LogP) is 19.1. The van der Waals surface area contributed by atoms with Crippen molar-refractivity contribution in [1.29, 1.82) is 0 Å². The monoisotopic (exact) mass is 1040 g/mol. The van der Waals surface area contributed by atoms with E-state index in [1.54, 1.807) is 0 Å². The highest BCUT2D eigenvalue weighted by atomic mass is 31.2. The van der Waals surface area contributed by atoms with Crippen molar-refractivity contribution in [2.75, 3.05) is 26.4 Å². The van der Waals surface area contributed by atoms with Crippen LogP contribution in [0.3, 0.4) is 0 Å². The van der Waals surface area contributed by atoms with E-state index in [1.807, 2.05) is 0 Å². The van der Waals surface area contributed by atoms with Gasteiger partial charge in [0.15, 0.2) is 6.10 Å². The topological polar surface area (TPSA) is 134 Å². The predicted molar refractivity (Wildman–Crippen MR) is 312 cm³/mol. The first kappa shape index (κ1) is 70.2. The van der Waals surface area contributed by atoms with Gasteiger partial charge in [-0.25, -0.2) is 4.57 Å². The Morgan fingerprint density at radius 3 is 1.07 bits per heavy atom. The minimum atomic E-state index is -4.39. The van der Waals surface area contributed by atoms with E-state index in [2.05, 4.69) is 98.9 Å². The lowest BCUT2D eigenvalue weighted by Gasteiger charge is -2.19. The molecule has 0 saturated heterocycles. The molecule has 422 valence electrons. The van der Waals surface area contributed by atoms with Crippen molar-refractivity contribution in [2.45, 2.75) is 277 Å². The highest BCUT2D eigenvalue weighted by Crippen LogP contribution is 2.43. The summed E-state index contributed by atoms with van der Waals surface area (Å²) in [4.78, 5) is 35.1. The number of allylic oxidation sites excluding steroid dienone is 14. The van der Waals surface area contributed by atoms with Gasteiger partial charge in [0.1, 0.15) is 6.61 Å². The van der Waals surface area contributed by atoms with E-state index in [0.29, 0.717) is 12.8 Å². The van der Waals surface area contributed by atoms with Gasteiger partial charge in [0, 0.05) is 19.4 Å². The lowest BCUT2D eigenvalue weighted by molar-refractivity contribution is -0.161.